The van der Waals surface area contributed by atoms with Gasteiger partial charge in [-0.3, -0.25) is 14.4 Å². The molecule has 8 heteroatoms. The van der Waals surface area contributed by atoms with Gasteiger partial charge in [-0.25, -0.2) is 4.39 Å². The van der Waals surface area contributed by atoms with Gasteiger partial charge in [-0.15, -0.1) is 0 Å². The fourth-order valence-electron chi connectivity index (χ4n) is 3.64. The molecule has 192 valence electrons. The highest BCUT2D eigenvalue weighted by molar-refractivity contribution is 5.92. The fourth-order valence-corrected chi connectivity index (χ4v) is 3.64. The zero-order chi connectivity index (χ0) is 26.0. The molecule has 0 radical (unpaired) electrons. The van der Waals surface area contributed by atoms with E-state index in [9.17, 15) is 23.9 Å². The lowest BCUT2D eigenvalue weighted by Gasteiger charge is -2.29. The summed E-state index contributed by atoms with van der Waals surface area (Å²) in [6.45, 7) is 13.1. The van der Waals surface area contributed by atoms with E-state index in [1.54, 1.807) is 19.1 Å². The van der Waals surface area contributed by atoms with Gasteiger partial charge in [0.2, 0.25) is 17.7 Å². The van der Waals surface area contributed by atoms with Crippen LogP contribution >= 0.6 is 0 Å². The third-order valence-electron chi connectivity index (χ3n) is 5.48. The van der Waals surface area contributed by atoms with Crippen molar-refractivity contribution in [1.82, 2.24) is 16.0 Å². The topological polar surface area (TPSA) is 108 Å². The lowest BCUT2D eigenvalue weighted by molar-refractivity contribution is -0.133. The molecule has 34 heavy (non-hydrogen) atoms. The van der Waals surface area contributed by atoms with Gasteiger partial charge in [0.25, 0.3) is 0 Å². The molecule has 0 saturated carbocycles. The number of amides is 3. The summed E-state index contributed by atoms with van der Waals surface area (Å²) in [5, 5.41) is 18.5. The average Bonchev–Trinajstić information content (AvgIpc) is 2.71. The highest BCUT2D eigenvalue weighted by atomic mass is 19.1. The summed E-state index contributed by atoms with van der Waals surface area (Å²) in [6, 6.07) is 3.52. The Morgan fingerprint density at radius 1 is 0.853 bits per heavy atom. The first kappa shape index (κ1) is 29.6. The lowest BCUT2D eigenvalue weighted by Crippen LogP contribution is -2.58. The fraction of sp³-hybridized carbons (Fsp3) is 0.654. The number of aliphatic hydroxyl groups excluding tert-OH is 1. The maximum Gasteiger partial charge on any atom is 0.243 e. The smallest absolute Gasteiger partial charge is 0.243 e. The monoisotopic (exact) mass is 479 g/mol. The number of benzene rings is 1. The minimum atomic E-state index is -0.922. The molecule has 0 bridgehead atoms. The summed E-state index contributed by atoms with van der Waals surface area (Å²) in [6.07, 6.45) is 0.274. The first-order valence-corrected chi connectivity index (χ1v) is 12.1. The Bertz CT molecular complexity index is 794. The maximum atomic E-state index is 13.3. The second-order valence-electron chi connectivity index (χ2n) is 10.3. The van der Waals surface area contributed by atoms with Gasteiger partial charge in [0.15, 0.2) is 0 Å². The van der Waals surface area contributed by atoms with Gasteiger partial charge >= 0.3 is 0 Å². The molecule has 4 N–H and O–H groups in total. The van der Waals surface area contributed by atoms with E-state index in [2.05, 4.69) is 16.0 Å². The Hall–Kier alpha value is -2.48. The number of aliphatic hydroxyl groups is 1. The van der Waals surface area contributed by atoms with Crippen LogP contribution in [0.25, 0.3) is 0 Å². The predicted octanol–water partition coefficient (Wildman–Crippen LogP) is 2.95. The summed E-state index contributed by atoms with van der Waals surface area (Å²) < 4.78 is 13.3. The van der Waals surface area contributed by atoms with Gasteiger partial charge in [0.1, 0.15) is 17.9 Å². The Morgan fingerprint density at radius 2 is 1.44 bits per heavy atom. The summed E-state index contributed by atoms with van der Waals surface area (Å²) in [7, 11) is 0. The van der Waals surface area contributed by atoms with Crippen LogP contribution in [0.2, 0.25) is 0 Å². The first-order valence-electron chi connectivity index (χ1n) is 12.1. The number of hydrogen-bond acceptors (Lipinski definition) is 4. The molecule has 0 saturated heterocycles. The van der Waals surface area contributed by atoms with Crippen LogP contribution in [-0.4, -0.2) is 47.1 Å². The molecule has 1 rings (SSSR count). The molecular weight excluding hydrogens is 437 g/mol. The summed E-state index contributed by atoms with van der Waals surface area (Å²) >= 11 is 0. The normalized spacial score (nSPS) is 15.1. The Kier molecular flexibility index (Phi) is 12.2. The van der Waals surface area contributed by atoms with Crippen LogP contribution in [0.5, 0.6) is 0 Å². The standard InChI is InChI=1S/C26H42FN3O4/c1-15(2)12-21(18(7)31)29-26(34)24(17(5)6)30-25(33)22(28-23(32)13-16(3)4)14-19-8-10-20(27)11-9-19/h8-11,15-18,21-22,24,31H,12-14H2,1-7H3,(H,28,32)(H,29,34)(H,30,33)/t18-,21-,22-,24-/m0/s1. The maximum absolute atomic E-state index is 13.3. The zero-order valence-electron chi connectivity index (χ0n) is 21.5. The van der Waals surface area contributed by atoms with Gasteiger partial charge in [0, 0.05) is 12.8 Å². The first-order chi connectivity index (χ1) is 15.8. The summed E-state index contributed by atoms with van der Waals surface area (Å²) in [4.78, 5) is 38.7. The van der Waals surface area contributed by atoms with Crippen molar-refractivity contribution in [2.45, 2.75) is 92.0 Å². The molecule has 4 atom stereocenters. The van der Waals surface area contributed by atoms with Crippen molar-refractivity contribution in [1.29, 1.82) is 0 Å². The predicted molar refractivity (Wildman–Crippen MR) is 131 cm³/mol. The second-order valence-corrected chi connectivity index (χ2v) is 10.3. The average molecular weight is 480 g/mol. The molecular formula is C26H42FN3O4. The number of nitrogens with one attached hydrogen (secondary N) is 3. The molecule has 7 nitrogen and oxygen atoms in total. The molecule has 0 unspecified atom stereocenters. The van der Waals surface area contributed by atoms with Crippen molar-refractivity contribution in [3.8, 4) is 0 Å². The molecule has 0 aromatic heterocycles. The van der Waals surface area contributed by atoms with Gasteiger partial charge in [0.05, 0.1) is 12.1 Å². The van der Waals surface area contributed by atoms with E-state index in [-0.39, 0.29) is 48.2 Å². The molecule has 1 aromatic carbocycles. The van der Waals surface area contributed by atoms with Crippen molar-refractivity contribution in [2.75, 3.05) is 0 Å². The number of carbonyl (C=O) groups is 3. The van der Waals surface area contributed by atoms with Gasteiger partial charge in [-0.2, -0.15) is 0 Å². The van der Waals surface area contributed by atoms with E-state index < -0.39 is 30.1 Å². The molecule has 3 amide bonds. The third kappa shape index (κ3) is 10.6. The van der Waals surface area contributed by atoms with Crippen LogP contribution in [-0.2, 0) is 20.8 Å². The van der Waals surface area contributed by atoms with Crippen molar-refractivity contribution in [2.24, 2.45) is 17.8 Å². The highest BCUT2D eigenvalue weighted by Crippen LogP contribution is 2.12. The SMILES string of the molecule is CC(C)CC(=O)N[C@@H](Cc1ccc(F)cc1)C(=O)N[C@H](C(=O)N[C@@H](CC(C)C)[C@H](C)O)C(C)C. The Morgan fingerprint density at radius 3 is 1.91 bits per heavy atom. The zero-order valence-corrected chi connectivity index (χ0v) is 21.5. The van der Waals surface area contributed by atoms with E-state index in [1.807, 2.05) is 41.5 Å². The Balaban J connectivity index is 3.03. The summed E-state index contributed by atoms with van der Waals surface area (Å²) in [5.41, 5.74) is 0.683. The van der Waals surface area contributed by atoms with Crippen LogP contribution < -0.4 is 16.0 Å². The number of carbonyl (C=O) groups excluding carboxylic acids is 3. The van der Waals surface area contributed by atoms with Gasteiger partial charge < -0.3 is 21.1 Å². The lowest BCUT2D eigenvalue weighted by atomic mass is 9.97. The number of hydrogen-bond donors (Lipinski definition) is 4. The van der Waals surface area contributed by atoms with Gasteiger partial charge in [-0.05, 0) is 48.8 Å². The molecule has 0 fully saturated rings. The minimum absolute atomic E-state index is 0.113. The molecule has 1 aromatic rings. The van der Waals surface area contributed by atoms with Crippen LogP contribution in [0, 0.1) is 23.6 Å². The molecule has 0 aliphatic carbocycles. The third-order valence-corrected chi connectivity index (χ3v) is 5.48. The van der Waals surface area contributed by atoms with Gasteiger partial charge in [-0.1, -0.05) is 53.7 Å². The van der Waals surface area contributed by atoms with Crippen LogP contribution in [0.1, 0.15) is 66.9 Å². The molecule has 0 spiro atoms. The van der Waals surface area contributed by atoms with E-state index >= 15 is 0 Å². The minimum Gasteiger partial charge on any atom is -0.391 e. The Labute approximate surface area is 203 Å². The quantitative estimate of drug-likeness (QED) is 0.349. The molecule has 0 heterocycles. The van der Waals surface area contributed by atoms with Crippen molar-refractivity contribution in [3.63, 3.8) is 0 Å². The summed E-state index contributed by atoms with van der Waals surface area (Å²) in [5.74, 6) is -1.38. The number of halogens is 1. The van der Waals surface area contributed by atoms with E-state index in [0.717, 1.165) is 0 Å². The van der Waals surface area contributed by atoms with E-state index in [1.165, 1.54) is 12.1 Å². The van der Waals surface area contributed by atoms with Crippen LogP contribution in [0.3, 0.4) is 0 Å². The highest BCUT2D eigenvalue weighted by Gasteiger charge is 2.31. The number of rotatable bonds is 13. The van der Waals surface area contributed by atoms with Crippen molar-refractivity contribution >= 4 is 17.7 Å². The van der Waals surface area contributed by atoms with Crippen molar-refractivity contribution < 1.29 is 23.9 Å². The molecule has 0 aliphatic rings. The van der Waals surface area contributed by atoms with Crippen LogP contribution in [0.15, 0.2) is 24.3 Å². The molecule has 0 aliphatic heterocycles. The van der Waals surface area contributed by atoms with Crippen LogP contribution in [0.4, 0.5) is 4.39 Å². The van der Waals surface area contributed by atoms with E-state index in [4.69, 9.17) is 0 Å². The van der Waals surface area contributed by atoms with E-state index in [0.29, 0.717) is 12.0 Å². The van der Waals surface area contributed by atoms with Crippen molar-refractivity contribution in [3.05, 3.63) is 35.6 Å². The largest absolute Gasteiger partial charge is 0.391 e. The second kappa shape index (κ2) is 14.0.